The molecule has 0 bridgehead atoms. The number of carbonyl (C=O) groups excluding carboxylic acids is 2. The lowest BCUT2D eigenvalue weighted by molar-refractivity contribution is -0.137. The largest absolute Gasteiger partial charge is 0.416 e. The van der Waals surface area contributed by atoms with Crippen LogP contribution < -0.4 is 0 Å². The fraction of sp³-hybridized carbons (Fsp3) is 0.391. The molecular formula is C23H23F3N2O2. The number of piperazine rings is 1. The van der Waals surface area contributed by atoms with Gasteiger partial charge < -0.3 is 9.80 Å². The van der Waals surface area contributed by atoms with Crippen molar-refractivity contribution in [2.45, 2.75) is 31.4 Å². The second-order valence-corrected chi connectivity index (χ2v) is 7.89. The van der Waals surface area contributed by atoms with E-state index in [4.69, 9.17) is 0 Å². The van der Waals surface area contributed by atoms with E-state index in [1.165, 1.54) is 23.3 Å². The highest BCUT2D eigenvalue weighted by atomic mass is 19.4. The summed E-state index contributed by atoms with van der Waals surface area (Å²) in [7, 11) is 0. The van der Waals surface area contributed by atoms with Crippen LogP contribution in [0.3, 0.4) is 0 Å². The Hall–Kier alpha value is -2.83. The number of alkyl halides is 3. The Labute approximate surface area is 173 Å². The summed E-state index contributed by atoms with van der Waals surface area (Å²) in [5.74, 6) is 0.0411. The van der Waals surface area contributed by atoms with Crippen LogP contribution in [0.15, 0.2) is 48.5 Å². The van der Waals surface area contributed by atoms with Crippen LogP contribution in [0.25, 0.3) is 0 Å². The van der Waals surface area contributed by atoms with E-state index in [0.29, 0.717) is 32.6 Å². The second kappa shape index (κ2) is 8.13. The van der Waals surface area contributed by atoms with Crippen molar-refractivity contribution in [2.24, 2.45) is 0 Å². The number of nitrogens with zero attached hydrogens (tertiary/aromatic N) is 2. The van der Waals surface area contributed by atoms with E-state index in [1.807, 2.05) is 12.1 Å². The predicted octanol–water partition coefficient (Wildman–Crippen LogP) is 4.11. The maximum atomic E-state index is 12.8. The third-order valence-corrected chi connectivity index (χ3v) is 6.06. The van der Waals surface area contributed by atoms with Gasteiger partial charge in [0.15, 0.2) is 0 Å². The summed E-state index contributed by atoms with van der Waals surface area (Å²) in [6, 6.07) is 12.5. The average Bonchev–Trinajstić information content (AvgIpc) is 3.16. The standard InChI is InChI=1S/C23H23F3N2O2/c24-23(25,26)19-9-7-17(8-10-19)22(30)28-13-11-27(12-14-28)21(29)15-18-6-5-16-3-1-2-4-20(16)18/h1-4,7-10,18H,5-6,11-15H2. The number of benzene rings is 2. The van der Waals surface area contributed by atoms with Crippen molar-refractivity contribution in [3.05, 3.63) is 70.8 Å². The van der Waals surface area contributed by atoms with E-state index in [-0.39, 0.29) is 23.3 Å². The predicted molar refractivity (Wildman–Crippen MR) is 106 cm³/mol. The first-order chi connectivity index (χ1) is 14.3. The van der Waals surface area contributed by atoms with Gasteiger partial charge in [-0.25, -0.2) is 0 Å². The van der Waals surface area contributed by atoms with Gasteiger partial charge in [0.25, 0.3) is 5.91 Å². The molecule has 4 nitrogen and oxygen atoms in total. The van der Waals surface area contributed by atoms with Crippen LogP contribution >= 0.6 is 0 Å². The first kappa shape index (κ1) is 20.4. The minimum atomic E-state index is -4.42. The molecule has 2 aromatic rings. The first-order valence-electron chi connectivity index (χ1n) is 10.1. The summed E-state index contributed by atoms with van der Waals surface area (Å²) in [5, 5.41) is 0. The van der Waals surface area contributed by atoms with Crippen LogP contribution in [0.4, 0.5) is 13.2 Å². The van der Waals surface area contributed by atoms with Crippen molar-refractivity contribution in [1.29, 1.82) is 0 Å². The average molecular weight is 416 g/mol. The van der Waals surface area contributed by atoms with E-state index >= 15 is 0 Å². The van der Waals surface area contributed by atoms with Gasteiger partial charge in [-0.2, -0.15) is 13.2 Å². The molecule has 1 fully saturated rings. The number of amides is 2. The van der Waals surface area contributed by atoms with Crippen LogP contribution in [0.2, 0.25) is 0 Å². The lowest BCUT2D eigenvalue weighted by Crippen LogP contribution is -2.50. The zero-order chi connectivity index (χ0) is 21.3. The molecule has 2 aromatic carbocycles. The highest BCUT2D eigenvalue weighted by Gasteiger charge is 2.31. The summed E-state index contributed by atoms with van der Waals surface area (Å²) in [4.78, 5) is 28.7. The first-order valence-corrected chi connectivity index (χ1v) is 10.1. The van der Waals surface area contributed by atoms with Gasteiger partial charge in [0, 0.05) is 38.2 Å². The molecule has 1 saturated heterocycles. The SMILES string of the molecule is O=C(CC1CCc2ccccc21)N1CCN(C(=O)c2ccc(C(F)(F)F)cc2)CC1. The summed E-state index contributed by atoms with van der Waals surface area (Å²) < 4.78 is 38.1. The van der Waals surface area contributed by atoms with Crippen molar-refractivity contribution in [2.75, 3.05) is 26.2 Å². The van der Waals surface area contributed by atoms with Gasteiger partial charge in [-0.15, -0.1) is 0 Å². The smallest absolute Gasteiger partial charge is 0.339 e. The molecule has 2 amide bonds. The van der Waals surface area contributed by atoms with Gasteiger partial charge in [-0.3, -0.25) is 9.59 Å². The topological polar surface area (TPSA) is 40.6 Å². The molecular weight excluding hydrogens is 393 g/mol. The second-order valence-electron chi connectivity index (χ2n) is 7.89. The molecule has 0 saturated carbocycles. The molecule has 30 heavy (non-hydrogen) atoms. The summed E-state index contributed by atoms with van der Waals surface area (Å²) in [6.07, 6.45) is -1.96. The van der Waals surface area contributed by atoms with Crippen molar-refractivity contribution in [1.82, 2.24) is 9.80 Å². The lowest BCUT2D eigenvalue weighted by Gasteiger charge is -2.35. The molecule has 7 heteroatoms. The molecule has 1 atom stereocenters. The van der Waals surface area contributed by atoms with E-state index in [1.54, 1.807) is 9.80 Å². The minimum absolute atomic E-state index is 0.0957. The highest BCUT2D eigenvalue weighted by molar-refractivity contribution is 5.94. The van der Waals surface area contributed by atoms with Gasteiger partial charge >= 0.3 is 6.18 Å². The third kappa shape index (κ3) is 4.20. The van der Waals surface area contributed by atoms with Crippen molar-refractivity contribution in [3.63, 3.8) is 0 Å². The zero-order valence-corrected chi connectivity index (χ0v) is 16.5. The van der Waals surface area contributed by atoms with Crippen LogP contribution in [-0.4, -0.2) is 47.8 Å². The van der Waals surface area contributed by atoms with Crippen LogP contribution in [0.1, 0.15) is 45.8 Å². The Morgan fingerprint density at radius 2 is 1.53 bits per heavy atom. The normalized spacial score (nSPS) is 19.0. The van der Waals surface area contributed by atoms with E-state index in [2.05, 4.69) is 12.1 Å². The van der Waals surface area contributed by atoms with Gasteiger partial charge in [0.1, 0.15) is 0 Å². The van der Waals surface area contributed by atoms with Crippen LogP contribution in [0.5, 0.6) is 0 Å². The fourth-order valence-corrected chi connectivity index (χ4v) is 4.34. The summed E-state index contributed by atoms with van der Waals surface area (Å²) >= 11 is 0. The summed E-state index contributed by atoms with van der Waals surface area (Å²) in [6.45, 7) is 1.65. The van der Waals surface area contributed by atoms with Crippen LogP contribution in [-0.2, 0) is 17.4 Å². The number of hydrogen-bond donors (Lipinski definition) is 0. The maximum absolute atomic E-state index is 12.8. The van der Waals surface area contributed by atoms with Crippen LogP contribution in [0, 0.1) is 0 Å². The Morgan fingerprint density at radius 3 is 2.20 bits per heavy atom. The quantitative estimate of drug-likeness (QED) is 0.756. The number of carbonyl (C=O) groups is 2. The Bertz CT molecular complexity index is 932. The maximum Gasteiger partial charge on any atom is 0.416 e. The Morgan fingerprint density at radius 1 is 0.900 bits per heavy atom. The number of halogens is 3. The fourth-order valence-electron chi connectivity index (χ4n) is 4.34. The monoisotopic (exact) mass is 416 g/mol. The molecule has 1 heterocycles. The molecule has 4 rings (SSSR count). The lowest BCUT2D eigenvalue weighted by atomic mass is 9.97. The number of hydrogen-bond acceptors (Lipinski definition) is 2. The van der Waals surface area contributed by atoms with Crippen molar-refractivity contribution >= 4 is 11.8 Å². The van der Waals surface area contributed by atoms with Crippen molar-refractivity contribution in [3.8, 4) is 0 Å². The molecule has 0 aromatic heterocycles. The molecule has 2 aliphatic rings. The molecule has 0 radical (unpaired) electrons. The number of fused-ring (bicyclic) bond motifs is 1. The number of aryl methyl sites for hydroxylation is 1. The molecule has 1 aliphatic carbocycles. The Kier molecular flexibility index (Phi) is 5.54. The van der Waals surface area contributed by atoms with E-state index in [0.717, 1.165) is 25.0 Å². The third-order valence-electron chi connectivity index (χ3n) is 6.06. The minimum Gasteiger partial charge on any atom is -0.339 e. The molecule has 0 spiro atoms. The van der Waals surface area contributed by atoms with E-state index in [9.17, 15) is 22.8 Å². The molecule has 1 aliphatic heterocycles. The highest BCUT2D eigenvalue weighted by Crippen LogP contribution is 2.35. The molecule has 1 unspecified atom stereocenters. The van der Waals surface area contributed by atoms with E-state index < -0.39 is 11.7 Å². The number of rotatable bonds is 3. The van der Waals surface area contributed by atoms with Gasteiger partial charge in [0.2, 0.25) is 5.91 Å². The van der Waals surface area contributed by atoms with Gasteiger partial charge in [0.05, 0.1) is 5.56 Å². The molecule has 0 N–H and O–H groups in total. The van der Waals surface area contributed by atoms with Gasteiger partial charge in [-0.1, -0.05) is 24.3 Å². The van der Waals surface area contributed by atoms with Gasteiger partial charge in [-0.05, 0) is 54.2 Å². The molecule has 158 valence electrons. The van der Waals surface area contributed by atoms with Crippen molar-refractivity contribution < 1.29 is 22.8 Å². The zero-order valence-electron chi connectivity index (χ0n) is 16.5. The summed E-state index contributed by atoms with van der Waals surface area (Å²) in [5.41, 5.74) is 2.04. The Balaban J connectivity index is 1.31.